The molecule has 0 radical (unpaired) electrons. The highest BCUT2D eigenvalue weighted by molar-refractivity contribution is 6.31. The summed E-state index contributed by atoms with van der Waals surface area (Å²) in [6.07, 6.45) is 3.25. The molecule has 1 N–H and O–H groups in total. The number of carbonyl (C=O) groups is 1. The second kappa shape index (κ2) is 7.81. The molecule has 0 fully saturated rings. The van der Waals surface area contributed by atoms with E-state index in [0.29, 0.717) is 10.7 Å². The highest BCUT2D eigenvalue weighted by atomic mass is 35.5. The van der Waals surface area contributed by atoms with Crippen LogP contribution in [0.4, 0.5) is 5.69 Å². The quantitative estimate of drug-likeness (QED) is 0.750. The van der Waals surface area contributed by atoms with Crippen LogP contribution in [0.3, 0.4) is 0 Å². The Bertz CT molecular complexity index is 1090. The molecule has 2 aromatic heterocycles. The second-order valence-electron chi connectivity index (χ2n) is 5.71. The minimum Gasteiger partial charge on any atom is -0.323 e. The van der Waals surface area contributed by atoms with Gasteiger partial charge in [-0.25, -0.2) is 4.68 Å². The Morgan fingerprint density at radius 2 is 2.11 bits per heavy atom. The largest absolute Gasteiger partial charge is 0.323 e. The Morgan fingerprint density at radius 1 is 1.30 bits per heavy atom. The number of anilines is 1. The first kappa shape index (κ1) is 18.3. The summed E-state index contributed by atoms with van der Waals surface area (Å²) in [5.74, 6) is -0.494. The summed E-state index contributed by atoms with van der Waals surface area (Å²) >= 11 is 5.93. The van der Waals surface area contributed by atoms with Crippen molar-refractivity contribution in [1.29, 1.82) is 5.26 Å². The van der Waals surface area contributed by atoms with Crippen LogP contribution in [0.25, 0.3) is 11.3 Å². The van der Waals surface area contributed by atoms with Crippen LogP contribution in [0.15, 0.2) is 59.7 Å². The molecule has 0 aliphatic rings. The van der Waals surface area contributed by atoms with E-state index < -0.39 is 17.5 Å². The van der Waals surface area contributed by atoms with E-state index in [9.17, 15) is 9.59 Å². The Kier molecular flexibility index (Phi) is 5.29. The van der Waals surface area contributed by atoms with Crippen molar-refractivity contribution in [2.24, 2.45) is 0 Å². The van der Waals surface area contributed by atoms with Gasteiger partial charge in [0.15, 0.2) is 0 Å². The first-order valence-electron chi connectivity index (χ1n) is 8.00. The molecule has 134 valence electrons. The molecular weight excluding hydrogens is 366 g/mol. The van der Waals surface area contributed by atoms with Crippen molar-refractivity contribution in [1.82, 2.24) is 14.8 Å². The number of hydrogen-bond acceptors (Lipinski definition) is 5. The molecule has 2 heterocycles. The molecule has 0 spiro atoms. The summed E-state index contributed by atoms with van der Waals surface area (Å²) < 4.78 is 1.09. The second-order valence-corrected chi connectivity index (χ2v) is 6.15. The maximum atomic E-state index is 12.6. The van der Waals surface area contributed by atoms with Gasteiger partial charge in [0.1, 0.15) is 12.1 Å². The smallest absolute Gasteiger partial charge is 0.267 e. The lowest BCUT2D eigenvalue weighted by Gasteiger charge is -2.15. The fourth-order valence-corrected chi connectivity index (χ4v) is 2.61. The number of pyridine rings is 1. The maximum Gasteiger partial charge on any atom is 0.267 e. The van der Waals surface area contributed by atoms with Gasteiger partial charge in [0, 0.05) is 29.0 Å². The number of carbonyl (C=O) groups excluding carboxylic acids is 1. The number of nitriles is 1. The van der Waals surface area contributed by atoms with Crippen LogP contribution in [0.5, 0.6) is 0 Å². The molecule has 3 aromatic rings. The Hall–Kier alpha value is -3.50. The van der Waals surface area contributed by atoms with Gasteiger partial charge in [-0.2, -0.15) is 10.4 Å². The number of hydrogen-bond donors (Lipinski definition) is 1. The molecule has 0 bridgehead atoms. The molecule has 8 heteroatoms. The fourth-order valence-electron chi connectivity index (χ4n) is 2.44. The van der Waals surface area contributed by atoms with Gasteiger partial charge in [-0.05, 0) is 43.3 Å². The minimum atomic E-state index is -0.903. The number of rotatable bonds is 4. The van der Waals surface area contributed by atoms with Crippen LogP contribution in [0, 0.1) is 11.3 Å². The lowest BCUT2D eigenvalue weighted by molar-refractivity contribution is -0.119. The van der Waals surface area contributed by atoms with Gasteiger partial charge < -0.3 is 5.32 Å². The summed E-state index contributed by atoms with van der Waals surface area (Å²) in [5, 5.41) is 16.5. The zero-order chi connectivity index (χ0) is 19.4. The molecule has 1 aromatic carbocycles. The van der Waals surface area contributed by atoms with Gasteiger partial charge in [0.2, 0.25) is 5.91 Å². The van der Waals surface area contributed by atoms with Crippen molar-refractivity contribution in [3.8, 4) is 17.3 Å². The molecule has 7 nitrogen and oxygen atoms in total. The zero-order valence-electron chi connectivity index (χ0n) is 14.3. The number of amides is 1. The number of nitrogens with one attached hydrogen (secondary N) is 1. The van der Waals surface area contributed by atoms with Crippen LogP contribution in [-0.4, -0.2) is 20.7 Å². The van der Waals surface area contributed by atoms with E-state index in [4.69, 9.17) is 16.9 Å². The highest BCUT2D eigenvalue weighted by Gasteiger charge is 2.19. The molecule has 0 saturated carbocycles. The van der Waals surface area contributed by atoms with Gasteiger partial charge in [-0.15, -0.1) is 0 Å². The lowest BCUT2D eigenvalue weighted by Crippen LogP contribution is -2.33. The molecule has 27 heavy (non-hydrogen) atoms. The van der Waals surface area contributed by atoms with E-state index in [1.165, 1.54) is 18.2 Å². The van der Waals surface area contributed by atoms with Crippen LogP contribution >= 0.6 is 11.6 Å². The van der Waals surface area contributed by atoms with Crippen molar-refractivity contribution in [3.05, 3.63) is 75.8 Å². The summed E-state index contributed by atoms with van der Waals surface area (Å²) in [6.45, 7) is 1.55. The summed E-state index contributed by atoms with van der Waals surface area (Å²) in [5.41, 5.74) is 1.36. The Balaban J connectivity index is 1.91. The first-order valence-corrected chi connectivity index (χ1v) is 8.38. The maximum absolute atomic E-state index is 12.6. The van der Waals surface area contributed by atoms with Gasteiger partial charge in [0.25, 0.3) is 5.56 Å². The molecule has 0 aliphatic carbocycles. The number of aromatic nitrogens is 3. The van der Waals surface area contributed by atoms with E-state index >= 15 is 0 Å². The Labute approximate surface area is 159 Å². The van der Waals surface area contributed by atoms with Gasteiger partial charge in [0.05, 0.1) is 16.9 Å². The number of benzene rings is 1. The zero-order valence-corrected chi connectivity index (χ0v) is 15.0. The van der Waals surface area contributed by atoms with Crippen molar-refractivity contribution in [3.63, 3.8) is 0 Å². The average molecular weight is 380 g/mol. The van der Waals surface area contributed by atoms with Crippen LogP contribution in [0.1, 0.15) is 18.5 Å². The van der Waals surface area contributed by atoms with Gasteiger partial charge in [-0.1, -0.05) is 11.6 Å². The normalized spacial score (nSPS) is 11.4. The lowest BCUT2D eigenvalue weighted by atomic mass is 10.2. The minimum absolute atomic E-state index is 0.268. The van der Waals surface area contributed by atoms with Gasteiger partial charge in [-0.3, -0.25) is 14.6 Å². The molecule has 1 amide bonds. The van der Waals surface area contributed by atoms with E-state index in [1.54, 1.807) is 43.6 Å². The van der Waals surface area contributed by atoms with Crippen molar-refractivity contribution < 1.29 is 4.79 Å². The standard InChI is InChI=1S/C19H14ClN5O2/c1-12(19(27)23-17-9-15(20)5-4-13(17)10-21)25-18(26)7-6-16(24-25)14-3-2-8-22-11-14/h2-9,11-12H,1H3,(H,23,27). The third-order valence-corrected chi connectivity index (χ3v) is 4.12. The number of halogens is 1. The van der Waals surface area contributed by atoms with Crippen LogP contribution in [-0.2, 0) is 4.79 Å². The van der Waals surface area contributed by atoms with Gasteiger partial charge >= 0.3 is 0 Å². The number of nitrogens with zero attached hydrogens (tertiary/aromatic N) is 4. The Morgan fingerprint density at radius 3 is 2.81 bits per heavy atom. The monoisotopic (exact) mass is 379 g/mol. The molecular formula is C19H14ClN5O2. The van der Waals surface area contributed by atoms with E-state index in [1.807, 2.05) is 6.07 Å². The predicted octanol–water partition coefficient (Wildman–Crippen LogP) is 3.03. The highest BCUT2D eigenvalue weighted by Crippen LogP contribution is 2.21. The van der Waals surface area contributed by atoms with Crippen molar-refractivity contribution >= 4 is 23.2 Å². The molecule has 0 saturated heterocycles. The van der Waals surface area contributed by atoms with Crippen LogP contribution in [0.2, 0.25) is 5.02 Å². The average Bonchev–Trinajstić information content (AvgIpc) is 2.68. The van der Waals surface area contributed by atoms with E-state index in [2.05, 4.69) is 15.4 Å². The van der Waals surface area contributed by atoms with Crippen molar-refractivity contribution in [2.75, 3.05) is 5.32 Å². The summed E-state index contributed by atoms with van der Waals surface area (Å²) in [6, 6.07) is 12.1. The molecule has 3 rings (SSSR count). The third kappa shape index (κ3) is 4.02. The predicted molar refractivity (Wildman–Crippen MR) is 101 cm³/mol. The molecule has 1 unspecified atom stereocenters. The third-order valence-electron chi connectivity index (χ3n) is 3.89. The topological polar surface area (TPSA) is 101 Å². The van der Waals surface area contributed by atoms with Crippen LogP contribution < -0.4 is 10.9 Å². The molecule has 1 atom stereocenters. The fraction of sp³-hybridized carbons (Fsp3) is 0.105. The first-order chi connectivity index (χ1) is 13.0. The molecule has 0 aliphatic heterocycles. The SMILES string of the molecule is CC(C(=O)Nc1cc(Cl)ccc1C#N)n1nc(-c2cccnc2)ccc1=O. The van der Waals surface area contributed by atoms with E-state index in [-0.39, 0.29) is 11.3 Å². The van der Waals surface area contributed by atoms with E-state index in [0.717, 1.165) is 10.2 Å². The summed E-state index contributed by atoms with van der Waals surface area (Å²) in [7, 11) is 0. The summed E-state index contributed by atoms with van der Waals surface area (Å²) in [4.78, 5) is 28.9. The van der Waals surface area contributed by atoms with Crippen molar-refractivity contribution in [2.45, 2.75) is 13.0 Å².